The molecule has 0 fully saturated rings. The summed E-state index contributed by atoms with van der Waals surface area (Å²) in [4.78, 5) is 0. The maximum absolute atomic E-state index is 10.2. The summed E-state index contributed by atoms with van der Waals surface area (Å²) in [6.45, 7) is 0. The second-order valence-corrected chi connectivity index (χ2v) is 5.07. The Labute approximate surface area is 97.7 Å². The Morgan fingerprint density at radius 2 is 1.19 bits per heavy atom. The number of allylic oxidation sites excluding steroid dienone is 4. The molecule has 0 aromatic rings. The largest absolute Gasteiger partial charge is 0.390 e. The Bertz CT molecular complexity index is 242. The molecule has 0 saturated carbocycles. The Hall–Kier alpha value is -0.600. The van der Waals surface area contributed by atoms with Gasteiger partial charge in [0.2, 0.25) is 0 Å². The van der Waals surface area contributed by atoms with E-state index in [1.165, 1.54) is 0 Å². The predicted octanol–water partition coefficient (Wildman–Crippen LogP) is 2.42. The summed E-state index contributed by atoms with van der Waals surface area (Å²) in [7, 11) is 0. The van der Waals surface area contributed by atoms with Crippen molar-refractivity contribution in [2.75, 3.05) is 0 Å². The SMILES string of the molecule is O[C@@H](C1CC=CCC1)[C@@H](O)C1CC=CCC1. The van der Waals surface area contributed by atoms with Crippen LogP contribution in [-0.2, 0) is 0 Å². The minimum atomic E-state index is -0.540. The fourth-order valence-corrected chi connectivity index (χ4v) is 2.81. The monoisotopic (exact) mass is 222 g/mol. The lowest BCUT2D eigenvalue weighted by Gasteiger charge is -2.33. The zero-order valence-electron chi connectivity index (χ0n) is 9.76. The van der Waals surface area contributed by atoms with Crippen LogP contribution in [0.3, 0.4) is 0 Å². The third kappa shape index (κ3) is 2.74. The highest BCUT2D eigenvalue weighted by Crippen LogP contribution is 2.30. The van der Waals surface area contributed by atoms with Crippen LogP contribution in [-0.4, -0.2) is 22.4 Å². The van der Waals surface area contributed by atoms with E-state index in [1.807, 2.05) is 0 Å². The average Bonchev–Trinajstić information content (AvgIpc) is 2.39. The van der Waals surface area contributed by atoms with Crippen molar-refractivity contribution in [3.63, 3.8) is 0 Å². The van der Waals surface area contributed by atoms with E-state index in [0.717, 1.165) is 38.5 Å². The number of hydrogen-bond donors (Lipinski definition) is 2. The quantitative estimate of drug-likeness (QED) is 0.720. The number of rotatable bonds is 3. The van der Waals surface area contributed by atoms with E-state index in [2.05, 4.69) is 24.3 Å². The van der Waals surface area contributed by atoms with Gasteiger partial charge < -0.3 is 10.2 Å². The Kier molecular flexibility index (Phi) is 4.19. The standard InChI is InChI=1S/C14H22O2/c15-13(11-7-3-1-4-8-11)14(16)12-9-5-2-6-10-12/h1-3,5,11-16H,4,6-10H2/t11?,12?,13-,14-/m0/s1. The van der Waals surface area contributed by atoms with Crippen molar-refractivity contribution in [1.29, 1.82) is 0 Å². The van der Waals surface area contributed by atoms with Gasteiger partial charge in [0.1, 0.15) is 0 Å². The highest BCUT2D eigenvalue weighted by atomic mass is 16.3. The first-order chi connectivity index (χ1) is 7.79. The molecule has 0 radical (unpaired) electrons. The van der Waals surface area contributed by atoms with Gasteiger partial charge in [-0.05, 0) is 50.4 Å². The van der Waals surface area contributed by atoms with Crippen molar-refractivity contribution in [1.82, 2.24) is 0 Å². The molecule has 2 N–H and O–H groups in total. The Morgan fingerprint density at radius 1 is 0.750 bits per heavy atom. The fourth-order valence-electron chi connectivity index (χ4n) is 2.81. The minimum absolute atomic E-state index is 0.255. The van der Waals surface area contributed by atoms with Gasteiger partial charge in [-0.3, -0.25) is 0 Å². The zero-order valence-corrected chi connectivity index (χ0v) is 9.76. The lowest BCUT2D eigenvalue weighted by atomic mass is 9.79. The van der Waals surface area contributed by atoms with Gasteiger partial charge >= 0.3 is 0 Å². The molecule has 0 bridgehead atoms. The van der Waals surface area contributed by atoms with E-state index < -0.39 is 12.2 Å². The summed E-state index contributed by atoms with van der Waals surface area (Å²) in [6, 6.07) is 0. The first kappa shape index (κ1) is 11.9. The van der Waals surface area contributed by atoms with Crippen LogP contribution in [0.2, 0.25) is 0 Å². The van der Waals surface area contributed by atoms with Gasteiger partial charge in [0.05, 0.1) is 12.2 Å². The van der Waals surface area contributed by atoms with Gasteiger partial charge in [0.25, 0.3) is 0 Å². The molecule has 16 heavy (non-hydrogen) atoms. The van der Waals surface area contributed by atoms with Crippen molar-refractivity contribution in [3.8, 4) is 0 Å². The van der Waals surface area contributed by atoms with Crippen LogP contribution in [0, 0.1) is 11.8 Å². The van der Waals surface area contributed by atoms with Crippen LogP contribution >= 0.6 is 0 Å². The lowest BCUT2D eigenvalue weighted by molar-refractivity contribution is -0.0512. The van der Waals surface area contributed by atoms with Gasteiger partial charge in [-0.1, -0.05) is 24.3 Å². The predicted molar refractivity (Wildman–Crippen MR) is 65.0 cm³/mol. The van der Waals surface area contributed by atoms with Gasteiger partial charge in [-0.2, -0.15) is 0 Å². The van der Waals surface area contributed by atoms with Gasteiger partial charge in [-0.15, -0.1) is 0 Å². The van der Waals surface area contributed by atoms with Gasteiger partial charge in [0.15, 0.2) is 0 Å². The number of aliphatic hydroxyl groups is 2. The average molecular weight is 222 g/mol. The molecule has 0 aliphatic heterocycles. The van der Waals surface area contributed by atoms with E-state index in [-0.39, 0.29) is 11.8 Å². The molecule has 4 atom stereocenters. The van der Waals surface area contributed by atoms with Gasteiger partial charge in [0, 0.05) is 0 Å². The third-order valence-corrected chi connectivity index (χ3v) is 3.94. The van der Waals surface area contributed by atoms with Crippen molar-refractivity contribution in [3.05, 3.63) is 24.3 Å². The molecular weight excluding hydrogens is 200 g/mol. The molecule has 0 amide bonds. The van der Waals surface area contributed by atoms with E-state index in [0.29, 0.717) is 0 Å². The summed E-state index contributed by atoms with van der Waals surface area (Å²) >= 11 is 0. The molecule has 0 aromatic carbocycles. The third-order valence-electron chi connectivity index (χ3n) is 3.94. The Balaban J connectivity index is 1.89. The molecule has 2 nitrogen and oxygen atoms in total. The Morgan fingerprint density at radius 3 is 1.50 bits per heavy atom. The normalized spacial score (nSPS) is 33.6. The van der Waals surface area contributed by atoms with Crippen LogP contribution in [0.25, 0.3) is 0 Å². The summed E-state index contributed by atoms with van der Waals surface area (Å²) in [5, 5.41) is 20.4. The first-order valence-electron chi connectivity index (χ1n) is 6.45. The molecule has 0 saturated heterocycles. The maximum atomic E-state index is 10.2. The minimum Gasteiger partial charge on any atom is -0.390 e. The highest BCUT2D eigenvalue weighted by Gasteiger charge is 2.31. The van der Waals surface area contributed by atoms with E-state index in [9.17, 15) is 10.2 Å². The molecule has 0 aromatic heterocycles. The highest BCUT2D eigenvalue weighted by molar-refractivity contribution is 4.97. The van der Waals surface area contributed by atoms with Gasteiger partial charge in [-0.25, -0.2) is 0 Å². The summed E-state index contributed by atoms with van der Waals surface area (Å²) in [5.74, 6) is 0.511. The van der Waals surface area contributed by atoms with Crippen molar-refractivity contribution in [2.24, 2.45) is 11.8 Å². The van der Waals surface area contributed by atoms with Crippen LogP contribution in [0.1, 0.15) is 38.5 Å². The second kappa shape index (κ2) is 5.65. The van der Waals surface area contributed by atoms with Crippen LogP contribution < -0.4 is 0 Å². The lowest BCUT2D eigenvalue weighted by Crippen LogP contribution is -2.39. The molecule has 2 aliphatic carbocycles. The van der Waals surface area contributed by atoms with E-state index in [1.54, 1.807) is 0 Å². The van der Waals surface area contributed by atoms with E-state index >= 15 is 0 Å². The summed E-state index contributed by atoms with van der Waals surface area (Å²) < 4.78 is 0. The molecule has 90 valence electrons. The van der Waals surface area contributed by atoms with Crippen LogP contribution in [0.5, 0.6) is 0 Å². The van der Waals surface area contributed by atoms with Crippen molar-refractivity contribution in [2.45, 2.75) is 50.7 Å². The number of aliphatic hydroxyl groups excluding tert-OH is 2. The molecule has 0 spiro atoms. The summed E-state index contributed by atoms with van der Waals surface area (Å²) in [6.07, 6.45) is 13.4. The first-order valence-corrected chi connectivity index (χ1v) is 6.45. The second-order valence-electron chi connectivity index (χ2n) is 5.07. The van der Waals surface area contributed by atoms with Crippen molar-refractivity contribution < 1.29 is 10.2 Å². The molecule has 2 unspecified atom stereocenters. The maximum Gasteiger partial charge on any atom is 0.0833 e. The van der Waals surface area contributed by atoms with E-state index in [4.69, 9.17) is 0 Å². The smallest absolute Gasteiger partial charge is 0.0833 e. The van der Waals surface area contributed by atoms with Crippen LogP contribution in [0.4, 0.5) is 0 Å². The van der Waals surface area contributed by atoms with Crippen LogP contribution in [0.15, 0.2) is 24.3 Å². The topological polar surface area (TPSA) is 40.5 Å². The number of hydrogen-bond acceptors (Lipinski definition) is 2. The molecule has 2 heteroatoms. The molecule has 2 rings (SSSR count). The molecular formula is C14H22O2. The fraction of sp³-hybridized carbons (Fsp3) is 0.714. The summed E-state index contributed by atoms with van der Waals surface area (Å²) in [5.41, 5.74) is 0. The molecule has 2 aliphatic rings. The zero-order chi connectivity index (χ0) is 11.4. The molecule has 0 heterocycles. The van der Waals surface area contributed by atoms with Crippen molar-refractivity contribution >= 4 is 0 Å².